The standard InChI is InChI=1S/C43H80NO9P.H3N/c1-4-6-8-10-12-14-16-18-20-22-24-26-28-30-32-34-42(46)50-38-41(39-52-54(48,49)51-37-36-44-40(3)45)53-43(47)35-33-31-29-27-25-23-21-19-17-15-13-11-9-7-5-2;/h18-21,41H,4-17,22-39H2,1-3H3,(H,44,45)(H,48,49);1H3/p-1/b20-18-,21-19-;/t41-;/m1./s1. The molecule has 0 aliphatic rings. The largest absolute Gasteiger partial charge is 0.756 e. The molecule has 55 heavy (non-hydrogen) atoms. The van der Waals surface area contributed by atoms with Gasteiger partial charge in [0, 0.05) is 26.3 Å². The Balaban J connectivity index is 0. The minimum atomic E-state index is -4.74. The predicted molar refractivity (Wildman–Crippen MR) is 223 cm³/mol. The topological polar surface area (TPSA) is 175 Å². The molecule has 0 saturated heterocycles. The molecule has 0 aliphatic heterocycles. The number of hydrogen-bond acceptors (Lipinski definition) is 10. The van der Waals surface area contributed by atoms with Crippen LogP contribution in [0.2, 0.25) is 0 Å². The van der Waals surface area contributed by atoms with E-state index in [4.69, 9.17) is 18.5 Å². The average molecular weight is 802 g/mol. The van der Waals surface area contributed by atoms with Gasteiger partial charge in [-0.1, -0.05) is 141 Å². The molecule has 0 spiro atoms. The van der Waals surface area contributed by atoms with Crippen molar-refractivity contribution in [3.8, 4) is 0 Å². The second-order valence-electron chi connectivity index (χ2n) is 14.5. The van der Waals surface area contributed by atoms with Crippen LogP contribution >= 0.6 is 7.82 Å². The molecular formula is C43H82N2O9P-. The maximum Gasteiger partial charge on any atom is 0.306 e. The van der Waals surface area contributed by atoms with Crippen LogP contribution in [-0.2, 0) is 37.5 Å². The van der Waals surface area contributed by atoms with Crippen LogP contribution in [-0.4, -0.2) is 50.3 Å². The molecule has 0 heterocycles. The molecule has 2 atom stereocenters. The van der Waals surface area contributed by atoms with Crippen LogP contribution in [0.3, 0.4) is 0 Å². The first-order chi connectivity index (χ1) is 26.2. The summed E-state index contributed by atoms with van der Waals surface area (Å²) >= 11 is 0. The third kappa shape index (κ3) is 42.9. The molecule has 4 N–H and O–H groups in total. The zero-order valence-electron chi connectivity index (χ0n) is 35.3. The molecule has 0 saturated carbocycles. The third-order valence-electron chi connectivity index (χ3n) is 9.16. The minimum absolute atomic E-state index is 0. The molecule has 324 valence electrons. The van der Waals surface area contributed by atoms with Crippen LogP contribution in [0.1, 0.15) is 201 Å². The van der Waals surface area contributed by atoms with E-state index in [1.54, 1.807) is 0 Å². The van der Waals surface area contributed by atoms with E-state index in [1.165, 1.54) is 90.4 Å². The molecule has 0 bridgehead atoms. The van der Waals surface area contributed by atoms with Crippen molar-refractivity contribution in [3.05, 3.63) is 24.3 Å². The maximum absolute atomic E-state index is 12.6. The van der Waals surface area contributed by atoms with Crippen molar-refractivity contribution in [1.82, 2.24) is 11.5 Å². The van der Waals surface area contributed by atoms with Crippen LogP contribution in [0.15, 0.2) is 24.3 Å². The summed E-state index contributed by atoms with van der Waals surface area (Å²) in [6, 6.07) is 0. The lowest BCUT2D eigenvalue weighted by Gasteiger charge is -2.25. The highest BCUT2D eigenvalue weighted by molar-refractivity contribution is 7.45. The number of nitrogens with one attached hydrogen (secondary N) is 1. The molecule has 11 nitrogen and oxygen atoms in total. The van der Waals surface area contributed by atoms with Crippen molar-refractivity contribution >= 4 is 25.7 Å². The van der Waals surface area contributed by atoms with Gasteiger partial charge in [-0.15, -0.1) is 0 Å². The smallest absolute Gasteiger partial charge is 0.306 e. The van der Waals surface area contributed by atoms with Gasteiger partial charge in [0.25, 0.3) is 7.82 Å². The number of phosphoric acid groups is 1. The monoisotopic (exact) mass is 802 g/mol. The quantitative estimate of drug-likeness (QED) is 0.0262. The number of amides is 1. The maximum atomic E-state index is 12.6. The molecular weight excluding hydrogens is 719 g/mol. The summed E-state index contributed by atoms with van der Waals surface area (Å²) < 4.78 is 32.7. The number of hydrogen-bond donors (Lipinski definition) is 2. The number of unbranched alkanes of at least 4 members (excludes halogenated alkanes) is 22. The molecule has 0 aliphatic carbocycles. The van der Waals surface area contributed by atoms with E-state index < -0.39 is 32.5 Å². The highest BCUT2D eigenvalue weighted by atomic mass is 31.2. The van der Waals surface area contributed by atoms with Gasteiger partial charge in [0.1, 0.15) is 6.61 Å². The Morgan fingerprint density at radius 3 is 1.42 bits per heavy atom. The van der Waals surface area contributed by atoms with Crippen LogP contribution in [0.5, 0.6) is 0 Å². The van der Waals surface area contributed by atoms with Crippen molar-refractivity contribution in [3.63, 3.8) is 0 Å². The number of esters is 2. The molecule has 0 radical (unpaired) electrons. The number of carbonyl (C=O) groups is 3. The lowest BCUT2D eigenvalue weighted by Crippen LogP contribution is -2.30. The van der Waals surface area contributed by atoms with Gasteiger partial charge >= 0.3 is 11.9 Å². The minimum Gasteiger partial charge on any atom is -0.756 e. The van der Waals surface area contributed by atoms with Crippen LogP contribution in [0, 0.1) is 0 Å². The van der Waals surface area contributed by atoms with Crippen LogP contribution in [0.4, 0.5) is 0 Å². The van der Waals surface area contributed by atoms with E-state index in [9.17, 15) is 23.8 Å². The van der Waals surface area contributed by atoms with E-state index in [-0.39, 0.29) is 44.7 Å². The Hall–Kier alpha value is -2.04. The van der Waals surface area contributed by atoms with E-state index in [0.717, 1.165) is 70.6 Å². The Labute approximate surface area is 336 Å². The van der Waals surface area contributed by atoms with Gasteiger partial charge in [0.15, 0.2) is 6.10 Å². The Kier molecular flexibility index (Phi) is 41.6. The van der Waals surface area contributed by atoms with Crippen molar-refractivity contribution in [1.29, 1.82) is 0 Å². The van der Waals surface area contributed by atoms with E-state index >= 15 is 0 Å². The Bertz CT molecular complexity index is 1010. The summed E-state index contributed by atoms with van der Waals surface area (Å²) in [6.07, 6.45) is 38.6. The highest BCUT2D eigenvalue weighted by Crippen LogP contribution is 2.38. The molecule has 0 fully saturated rings. The van der Waals surface area contributed by atoms with Crippen molar-refractivity contribution in [2.24, 2.45) is 0 Å². The van der Waals surface area contributed by atoms with Crippen molar-refractivity contribution < 1.29 is 42.4 Å². The number of ether oxygens (including phenoxy) is 2. The third-order valence-corrected chi connectivity index (χ3v) is 10.1. The van der Waals surface area contributed by atoms with Crippen LogP contribution in [0.25, 0.3) is 0 Å². The second kappa shape index (κ2) is 41.6. The summed E-state index contributed by atoms with van der Waals surface area (Å²) in [7, 11) is -4.74. The van der Waals surface area contributed by atoms with Gasteiger partial charge < -0.3 is 34.9 Å². The summed E-state index contributed by atoms with van der Waals surface area (Å²) in [5.74, 6) is -1.24. The fourth-order valence-electron chi connectivity index (χ4n) is 5.90. The summed E-state index contributed by atoms with van der Waals surface area (Å²) in [5.41, 5.74) is 0. The highest BCUT2D eigenvalue weighted by Gasteiger charge is 2.21. The first-order valence-corrected chi connectivity index (χ1v) is 23.2. The SMILES string of the molecule is CCCCCCCC/C=C\CCCCCCCC(=O)OC[C@H](COP(=O)([O-])OCCNC(C)=O)OC(=O)CCCCCCC/C=C\CCCCCCCC.N. The first kappa shape index (κ1) is 55.1. The predicted octanol–water partition coefficient (Wildman–Crippen LogP) is 11.3. The number of phosphoric ester groups is 1. The molecule has 1 amide bonds. The van der Waals surface area contributed by atoms with Gasteiger partial charge in [0.05, 0.1) is 13.2 Å². The fraction of sp³-hybridized carbons (Fsp3) is 0.837. The fourth-order valence-corrected chi connectivity index (χ4v) is 6.63. The van der Waals surface area contributed by atoms with E-state index in [0.29, 0.717) is 12.8 Å². The number of allylic oxidation sites excluding steroid dienone is 4. The molecule has 1 unspecified atom stereocenters. The second-order valence-corrected chi connectivity index (χ2v) is 15.9. The van der Waals surface area contributed by atoms with E-state index in [1.807, 2.05) is 0 Å². The van der Waals surface area contributed by atoms with Gasteiger partial charge in [-0.2, -0.15) is 0 Å². The summed E-state index contributed by atoms with van der Waals surface area (Å²) in [4.78, 5) is 48.3. The molecule has 0 rings (SSSR count). The first-order valence-electron chi connectivity index (χ1n) is 21.7. The van der Waals surface area contributed by atoms with Gasteiger partial charge in [0.2, 0.25) is 5.91 Å². The van der Waals surface area contributed by atoms with E-state index in [2.05, 4.69) is 43.5 Å². The molecule has 0 aromatic heterocycles. The summed E-state index contributed by atoms with van der Waals surface area (Å²) in [5, 5.41) is 2.43. The van der Waals surface area contributed by atoms with Crippen LogP contribution < -0.4 is 16.4 Å². The molecule has 12 heteroatoms. The number of carbonyl (C=O) groups excluding carboxylic acids is 3. The Morgan fingerprint density at radius 1 is 0.582 bits per heavy atom. The van der Waals surface area contributed by atoms with Crippen molar-refractivity contribution in [2.45, 2.75) is 207 Å². The zero-order chi connectivity index (χ0) is 39.8. The summed E-state index contributed by atoms with van der Waals surface area (Å²) in [6.45, 7) is 4.63. The lowest BCUT2D eigenvalue weighted by atomic mass is 10.1. The Morgan fingerprint density at radius 2 is 0.982 bits per heavy atom. The zero-order valence-corrected chi connectivity index (χ0v) is 36.2. The lowest BCUT2D eigenvalue weighted by molar-refractivity contribution is -0.228. The number of rotatable bonds is 40. The van der Waals surface area contributed by atoms with Crippen molar-refractivity contribution in [2.75, 3.05) is 26.4 Å². The molecule has 0 aromatic carbocycles. The van der Waals surface area contributed by atoms with Gasteiger partial charge in [-0.3, -0.25) is 18.9 Å². The van der Waals surface area contributed by atoms with Gasteiger partial charge in [-0.25, -0.2) is 0 Å². The molecule has 0 aromatic rings. The normalized spacial score (nSPS) is 13.1. The average Bonchev–Trinajstić information content (AvgIpc) is 3.14. The van der Waals surface area contributed by atoms with Gasteiger partial charge in [-0.05, 0) is 64.2 Å².